The van der Waals surface area contributed by atoms with Gasteiger partial charge in [0.05, 0.1) is 14.2 Å². The number of benzene rings is 2. The lowest BCUT2D eigenvalue weighted by Gasteiger charge is -2.27. The molecule has 2 aromatic carbocycles. The van der Waals surface area contributed by atoms with Gasteiger partial charge in [0.15, 0.2) is 11.5 Å². The molecule has 0 bridgehead atoms. The van der Waals surface area contributed by atoms with Crippen LogP contribution in [0.4, 0.5) is 5.69 Å². The van der Waals surface area contributed by atoms with E-state index in [4.69, 9.17) is 9.47 Å². The summed E-state index contributed by atoms with van der Waals surface area (Å²) in [5.41, 5.74) is 4.29. The molecule has 4 heteroatoms. The first-order valence-corrected chi connectivity index (χ1v) is 8.19. The normalized spacial score (nSPS) is 16.5. The summed E-state index contributed by atoms with van der Waals surface area (Å²) in [5, 5.41) is 2.94. The Morgan fingerprint density at radius 2 is 1.67 bits per heavy atom. The number of amides is 1. The smallest absolute Gasteiger partial charge is 0.225 e. The van der Waals surface area contributed by atoms with Gasteiger partial charge in [0, 0.05) is 24.1 Å². The third-order valence-electron chi connectivity index (χ3n) is 4.60. The van der Waals surface area contributed by atoms with E-state index in [9.17, 15) is 4.79 Å². The molecule has 0 unspecified atom stereocenters. The lowest BCUT2D eigenvalue weighted by molar-refractivity contribution is -0.116. The number of rotatable bonds is 4. The number of anilines is 1. The van der Waals surface area contributed by atoms with Gasteiger partial charge in [-0.05, 0) is 28.7 Å². The van der Waals surface area contributed by atoms with Crippen LogP contribution < -0.4 is 14.8 Å². The van der Waals surface area contributed by atoms with Crippen LogP contribution in [0.5, 0.6) is 11.5 Å². The zero-order valence-electron chi connectivity index (χ0n) is 14.6. The second-order valence-electron chi connectivity index (χ2n) is 6.42. The van der Waals surface area contributed by atoms with Crippen LogP contribution in [0.15, 0.2) is 36.4 Å². The summed E-state index contributed by atoms with van der Waals surface area (Å²) >= 11 is 0. The van der Waals surface area contributed by atoms with Crippen LogP contribution in [0.25, 0.3) is 0 Å². The van der Waals surface area contributed by atoms with E-state index in [1.807, 2.05) is 12.1 Å². The number of nitrogens with one attached hydrogen (secondary N) is 1. The van der Waals surface area contributed by atoms with E-state index in [1.54, 1.807) is 14.2 Å². The van der Waals surface area contributed by atoms with Gasteiger partial charge >= 0.3 is 0 Å². The van der Waals surface area contributed by atoms with E-state index in [2.05, 4.69) is 43.4 Å². The summed E-state index contributed by atoms with van der Waals surface area (Å²) < 4.78 is 10.8. The Kier molecular flexibility index (Phi) is 4.47. The van der Waals surface area contributed by atoms with Crippen molar-refractivity contribution in [1.82, 2.24) is 0 Å². The number of fused-ring (bicyclic) bond motifs is 1. The van der Waals surface area contributed by atoms with Crippen molar-refractivity contribution in [3.05, 3.63) is 53.1 Å². The van der Waals surface area contributed by atoms with Crippen LogP contribution in [0, 0.1) is 0 Å². The highest BCUT2D eigenvalue weighted by atomic mass is 16.5. The summed E-state index contributed by atoms with van der Waals surface area (Å²) in [4.78, 5) is 12.2. The third-order valence-corrected chi connectivity index (χ3v) is 4.60. The predicted molar refractivity (Wildman–Crippen MR) is 95.2 cm³/mol. The number of hydrogen-bond acceptors (Lipinski definition) is 3. The van der Waals surface area contributed by atoms with Gasteiger partial charge in [0.25, 0.3) is 0 Å². The monoisotopic (exact) mass is 325 g/mol. The van der Waals surface area contributed by atoms with Crippen LogP contribution in [0.1, 0.15) is 48.8 Å². The maximum absolute atomic E-state index is 12.2. The predicted octanol–water partition coefficient (Wildman–Crippen LogP) is 4.30. The highest BCUT2D eigenvalue weighted by molar-refractivity contribution is 5.96. The van der Waals surface area contributed by atoms with E-state index in [-0.39, 0.29) is 11.8 Å². The van der Waals surface area contributed by atoms with Crippen molar-refractivity contribution >= 4 is 11.6 Å². The average Bonchev–Trinajstić information content (AvgIpc) is 2.59. The molecule has 0 saturated heterocycles. The standard InChI is InChI=1S/C20H23NO3/c1-12(2)13-5-7-14(8-6-13)15-10-20(22)21-17-11-19(24-4)18(23-3)9-16(15)17/h5-9,11-12,15H,10H2,1-4H3,(H,21,22)/t15-/m0/s1. The molecule has 0 saturated carbocycles. The van der Waals surface area contributed by atoms with Gasteiger partial charge in [0.2, 0.25) is 5.91 Å². The van der Waals surface area contributed by atoms with Crippen LogP contribution >= 0.6 is 0 Å². The molecule has 24 heavy (non-hydrogen) atoms. The molecule has 1 heterocycles. The third kappa shape index (κ3) is 2.96. The first-order valence-electron chi connectivity index (χ1n) is 8.19. The number of hydrogen-bond donors (Lipinski definition) is 1. The molecule has 126 valence electrons. The minimum atomic E-state index is 0.0210. The molecule has 0 spiro atoms. The van der Waals surface area contributed by atoms with E-state index in [0.29, 0.717) is 23.8 Å². The minimum absolute atomic E-state index is 0.0210. The van der Waals surface area contributed by atoms with Crippen molar-refractivity contribution in [3.8, 4) is 11.5 Å². The van der Waals surface area contributed by atoms with Gasteiger partial charge < -0.3 is 14.8 Å². The number of carbonyl (C=O) groups excluding carboxylic acids is 1. The van der Waals surface area contributed by atoms with Crippen molar-refractivity contribution in [2.45, 2.75) is 32.1 Å². The molecule has 0 aliphatic carbocycles. The molecule has 3 rings (SSSR count). The van der Waals surface area contributed by atoms with Gasteiger partial charge in [-0.3, -0.25) is 4.79 Å². The van der Waals surface area contributed by atoms with Crippen molar-refractivity contribution in [2.75, 3.05) is 19.5 Å². The zero-order valence-corrected chi connectivity index (χ0v) is 14.6. The fourth-order valence-corrected chi connectivity index (χ4v) is 3.20. The second-order valence-corrected chi connectivity index (χ2v) is 6.42. The van der Waals surface area contributed by atoms with E-state index in [1.165, 1.54) is 5.56 Å². The number of ether oxygens (including phenoxy) is 2. The first-order chi connectivity index (χ1) is 11.5. The molecule has 2 aromatic rings. The zero-order chi connectivity index (χ0) is 17.3. The second kappa shape index (κ2) is 6.56. The first kappa shape index (κ1) is 16.4. The molecule has 1 aliphatic rings. The summed E-state index contributed by atoms with van der Waals surface area (Å²) in [6.45, 7) is 4.35. The van der Waals surface area contributed by atoms with Crippen LogP contribution in [-0.4, -0.2) is 20.1 Å². The molecule has 0 aromatic heterocycles. The van der Waals surface area contributed by atoms with E-state index in [0.717, 1.165) is 16.8 Å². The maximum atomic E-state index is 12.2. The lowest BCUT2D eigenvalue weighted by Crippen LogP contribution is -2.23. The Bertz CT molecular complexity index is 750. The SMILES string of the molecule is COc1cc2c(cc1OC)[C@H](c1ccc(C(C)C)cc1)CC(=O)N2. The Hall–Kier alpha value is -2.49. The molecule has 1 amide bonds. The van der Waals surface area contributed by atoms with Crippen molar-refractivity contribution in [1.29, 1.82) is 0 Å². The van der Waals surface area contributed by atoms with Crippen molar-refractivity contribution < 1.29 is 14.3 Å². The average molecular weight is 325 g/mol. The van der Waals surface area contributed by atoms with Gasteiger partial charge in [-0.25, -0.2) is 0 Å². The minimum Gasteiger partial charge on any atom is -0.493 e. The van der Waals surface area contributed by atoms with Gasteiger partial charge in [0.1, 0.15) is 0 Å². The number of carbonyl (C=O) groups is 1. The molecule has 1 atom stereocenters. The summed E-state index contributed by atoms with van der Waals surface area (Å²) in [7, 11) is 3.22. The van der Waals surface area contributed by atoms with Gasteiger partial charge in [-0.1, -0.05) is 38.1 Å². The molecule has 0 radical (unpaired) electrons. The lowest BCUT2D eigenvalue weighted by atomic mass is 9.84. The Balaban J connectivity index is 2.06. The molecule has 1 N–H and O–H groups in total. The highest BCUT2D eigenvalue weighted by Gasteiger charge is 2.28. The van der Waals surface area contributed by atoms with Crippen LogP contribution in [-0.2, 0) is 4.79 Å². The molecule has 1 aliphatic heterocycles. The topological polar surface area (TPSA) is 47.6 Å². The van der Waals surface area contributed by atoms with Crippen LogP contribution in [0.3, 0.4) is 0 Å². The van der Waals surface area contributed by atoms with E-state index < -0.39 is 0 Å². The molecular weight excluding hydrogens is 302 g/mol. The highest BCUT2D eigenvalue weighted by Crippen LogP contribution is 2.43. The van der Waals surface area contributed by atoms with Crippen LogP contribution in [0.2, 0.25) is 0 Å². The summed E-state index contributed by atoms with van der Waals surface area (Å²) in [6, 6.07) is 12.3. The summed E-state index contributed by atoms with van der Waals surface area (Å²) in [6.07, 6.45) is 0.434. The number of methoxy groups -OCH3 is 2. The molecular formula is C20H23NO3. The Labute approximate surface area is 142 Å². The molecule has 0 fully saturated rings. The molecule has 4 nitrogen and oxygen atoms in total. The maximum Gasteiger partial charge on any atom is 0.225 e. The van der Waals surface area contributed by atoms with Crippen molar-refractivity contribution in [2.24, 2.45) is 0 Å². The largest absolute Gasteiger partial charge is 0.493 e. The Morgan fingerprint density at radius 1 is 1.04 bits per heavy atom. The fourth-order valence-electron chi connectivity index (χ4n) is 3.20. The quantitative estimate of drug-likeness (QED) is 0.911. The van der Waals surface area contributed by atoms with Crippen molar-refractivity contribution in [3.63, 3.8) is 0 Å². The Morgan fingerprint density at radius 3 is 2.25 bits per heavy atom. The van der Waals surface area contributed by atoms with Gasteiger partial charge in [-0.2, -0.15) is 0 Å². The van der Waals surface area contributed by atoms with Gasteiger partial charge in [-0.15, -0.1) is 0 Å². The summed E-state index contributed by atoms with van der Waals surface area (Å²) in [5.74, 6) is 1.83. The van der Waals surface area contributed by atoms with E-state index >= 15 is 0 Å². The fraction of sp³-hybridized carbons (Fsp3) is 0.350.